The van der Waals surface area contributed by atoms with Crippen molar-refractivity contribution in [3.8, 4) is 0 Å². The molecule has 0 bridgehead atoms. The summed E-state index contributed by atoms with van der Waals surface area (Å²) in [6, 6.07) is 2.81. The zero-order chi connectivity index (χ0) is 15.0. The van der Waals surface area contributed by atoms with Gasteiger partial charge in [0, 0.05) is 0 Å². The minimum atomic E-state index is -4.02. The largest absolute Gasteiger partial charge is 0.280 e. The van der Waals surface area contributed by atoms with E-state index in [1.165, 1.54) is 0 Å². The van der Waals surface area contributed by atoms with E-state index in [2.05, 4.69) is 4.72 Å². The van der Waals surface area contributed by atoms with Gasteiger partial charge >= 0.3 is 0 Å². The first-order chi connectivity index (χ1) is 9.20. The summed E-state index contributed by atoms with van der Waals surface area (Å²) in [6.07, 6.45) is 2.76. The lowest BCUT2D eigenvalue weighted by molar-refractivity contribution is 0.583. The van der Waals surface area contributed by atoms with Crippen LogP contribution in [0.15, 0.2) is 23.1 Å². The first kappa shape index (κ1) is 15.2. The van der Waals surface area contributed by atoms with Crippen LogP contribution in [0.3, 0.4) is 0 Å². The van der Waals surface area contributed by atoms with E-state index in [1.54, 1.807) is 0 Å². The lowest BCUT2D eigenvalue weighted by Gasteiger charge is -2.14. The molecule has 0 spiro atoms. The zero-order valence-electron chi connectivity index (χ0n) is 10.5. The van der Waals surface area contributed by atoms with Gasteiger partial charge in [0.05, 0.1) is 15.8 Å². The molecule has 0 aromatic heterocycles. The summed E-state index contributed by atoms with van der Waals surface area (Å²) in [5.74, 6) is -0.974. The average Bonchev–Trinajstić information content (AvgIpc) is 2.84. The number of halogens is 1. The van der Waals surface area contributed by atoms with E-state index in [4.69, 9.17) is 5.14 Å². The van der Waals surface area contributed by atoms with Crippen molar-refractivity contribution in [3.05, 3.63) is 24.0 Å². The van der Waals surface area contributed by atoms with Gasteiger partial charge in [-0.25, -0.2) is 26.4 Å². The Labute approximate surface area is 117 Å². The highest BCUT2D eigenvalue weighted by Gasteiger charge is 2.29. The van der Waals surface area contributed by atoms with Crippen LogP contribution in [0.4, 0.5) is 10.1 Å². The fourth-order valence-corrected chi connectivity index (χ4v) is 4.31. The summed E-state index contributed by atoms with van der Waals surface area (Å²) in [7, 11) is -7.67. The van der Waals surface area contributed by atoms with Crippen molar-refractivity contribution >= 4 is 25.7 Å². The fraction of sp³-hybridized carbons (Fsp3) is 0.455. The van der Waals surface area contributed by atoms with Crippen LogP contribution in [0.25, 0.3) is 0 Å². The summed E-state index contributed by atoms with van der Waals surface area (Å²) in [6.45, 7) is 0. The third-order valence-electron chi connectivity index (χ3n) is 3.26. The Kier molecular flexibility index (Phi) is 4.03. The van der Waals surface area contributed by atoms with Crippen LogP contribution >= 0.6 is 0 Å². The maximum absolute atomic E-state index is 13.8. The molecule has 0 heterocycles. The van der Waals surface area contributed by atoms with Gasteiger partial charge in [-0.3, -0.25) is 4.72 Å². The second kappa shape index (κ2) is 5.30. The van der Waals surface area contributed by atoms with Gasteiger partial charge in [0.1, 0.15) is 5.82 Å². The molecule has 1 saturated carbocycles. The normalized spacial score (nSPS) is 17.3. The number of benzene rings is 1. The Morgan fingerprint density at radius 2 is 1.75 bits per heavy atom. The molecule has 0 atom stereocenters. The first-order valence-corrected chi connectivity index (χ1v) is 9.13. The van der Waals surface area contributed by atoms with Gasteiger partial charge in [-0.2, -0.15) is 0 Å². The predicted octanol–water partition coefficient (Wildman–Crippen LogP) is 1.16. The van der Waals surface area contributed by atoms with Crippen LogP contribution in [-0.4, -0.2) is 22.1 Å². The Morgan fingerprint density at radius 1 is 1.15 bits per heavy atom. The average molecular weight is 322 g/mol. The van der Waals surface area contributed by atoms with Crippen molar-refractivity contribution in [1.29, 1.82) is 0 Å². The van der Waals surface area contributed by atoms with Gasteiger partial charge in [0.15, 0.2) is 0 Å². The summed E-state index contributed by atoms with van der Waals surface area (Å²) in [5, 5.41) is 4.34. The number of primary sulfonamides is 1. The van der Waals surface area contributed by atoms with Crippen molar-refractivity contribution in [2.24, 2.45) is 5.14 Å². The molecule has 3 N–H and O–H groups in total. The Morgan fingerprint density at radius 3 is 2.25 bits per heavy atom. The van der Waals surface area contributed by atoms with Crippen LogP contribution in [0.1, 0.15) is 25.7 Å². The molecule has 9 heteroatoms. The molecule has 2 rings (SSSR count). The van der Waals surface area contributed by atoms with Crippen LogP contribution in [-0.2, 0) is 20.0 Å². The molecule has 0 radical (unpaired) electrons. The van der Waals surface area contributed by atoms with E-state index in [1.807, 2.05) is 0 Å². The third-order valence-corrected chi connectivity index (χ3v) is 6.03. The Bertz CT molecular complexity index is 710. The van der Waals surface area contributed by atoms with E-state index < -0.39 is 36.0 Å². The van der Waals surface area contributed by atoms with Gasteiger partial charge in [0.25, 0.3) is 0 Å². The molecule has 0 saturated heterocycles. The third kappa shape index (κ3) is 3.28. The van der Waals surface area contributed by atoms with Gasteiger partial charge in [-0.1, -0.05) is 12.8 Å². The van der Waals surface area contributed by atoms with Gasteiger partial charge in [-0.05, 0) is 31.0 Å². The van der Waals surface area contributed by atoms with E-state index in [9.17, 15) is 21.2 Å². The Balaban J connectivity index is 2.26. The number of hydrogen-bond donors (Lipinski definition) is 2. The van der Waals surface area contributed by atoms with E-state index in [0.29, 0.717) is 18.9 Å². The summed E-state index contributed by atoms with van der Waals surface area (Å²) >= 11 is 0. The maximum Gasteiger partial charge on any atom is 0.238 e. The molecule has 1 fully saturated rings. The van der Waals surface area contributed by atoms with Crippen molar-refractivity contribution in [2.45, 2.75) is 35.8 Å². The van der Waals surface area contributed by atoms with Gasteiger partial charge < -0.3 is 0 Å². The number of sulfonamides is 2. The SMILES string of the molecule is NS(=O)(=O)c1ccc(NS(=O)(=O)C2CCCC2)c(F)c1. The fourth-order valence-electron chi connectivity index (χ4n) is 2.19. The topological polar surface area (TPSA) is 106 Å². The smallest absolute Gasteiger partial charge is 0.238 e. The molecule has 0 aliphatic heterocycles. The molecule has 0 unspecified atom stereocenters. The number of hydrogen-bond acceptors (Lipinski definition) is 4. The highest BCUT2D eigenvalue weighted by Crippen LogP contribution is 2.27. The summed E-state index contributed by atoms with van der Waals surface area (Å²) in [4.78, 5) is -0.404. The van der Waals surface area contributed by atoms with Crippen LogP contribution in [0.5, 0.6) is 0 Å². The molecule has 6 nitrogen and oxygen atoms in total. The molecule has 112 valence electrons. The van der Waals surface area contributed by atoms with Crippen molar-refractivity contribution in [3.63, 3.8) is 0 Å². The second-order valence-electron chi connectivity index (χ2n) is 4.74. The standard InChI is InChI=1S/C11H15FN2O4S2/c12-10-7-9(19(13,15)16)5-6-11(10)14-20(17,18)8-3-1-2-4-8/h5-8,14H,1-4H2,(H2,13,15,16). The zero-order valence-corrected chi connectivity index (χ0v) is 12.2. The molecule has 1 aliphatic carbocycles. The molecule has 1 aromatic rings. The number of nitrogens with one attached hydrogen (secondary N) is 1. The summed E-state index contributed by atoms with van der Waals surface area (Å²) in [5.41, 5.74) is -0.274. The van der Waals surface area contributed by atoms with Crippen LogP contribution < -0.4 is 9.86 Å². The highest BCUT2D eigenvalue weighted by atomic mass is 32.2. The number of nitrogens with two attached hydrogens (primary N) is 1. The van der Waals surface area contributed by atoms with E-state index in [-0.39, 0.29) is 5.69 Å². The van der Waals surface area contributed by atoms with Gasteiger partial charge in [-0.15, -0.1) is 0 Å². The molecule has 0 amide bonds. The minimum Gasteiger partial charge on any atom is -0.280 e. The van der Waals surface area contributed by atoms with E-state index >= 15 is 0 Å². The molecular weight excluding hydrogens is 307 g/mol. The second-order valence-corrected chi connectivity index (χ2v) is 8.26. The first-order valence-electron chi connectivity index (χ1n) is 6.04. The molecule has 1 aliphatic rings. The van der Waals surface area contributed by atoms with E-state index in [0.717, 1.165) is 25.0 Å². The summed E-state index contributed by atoms with van der Waals surface area (Å²) < 4.78 is 62.1. The lowest BCUT2D eigenvalue weighted by Crippen LogP contribution is -2.25. The van der Waals surface area contributed by atoms with Gasteiger partial charge in [0.2, 0.25) is 20.0 Å². The van der Waals surface area contributed by atoms with Crippen molar-refractivity contribution < 1.29 is 21.2 Å². The van der Waals surface area contributed by atoms with Crippen molar-refractivity contribution in [1.82, 2.24) is 0 Å². The predicted molar refractivity (Wildman–Crippen MR) is 72.6 cm³/mol. The highest BCUT2D eigenvalue weighted by molar-refractivity contribution is 7.93. The lowest BCUT2D eigenvalue weighted by atomic mass is 10.3. The quantitative estimate of drug-likeness (QED) is 0.867. The minimum absolute atomic E-state index is 0.274. The van der Waals surface area contributed by atoms with Crippen LogP contribution in [0.2, 0.25) is 0 Å². The molecule has 20 heavy (non-hydrogen) atoms. The number of anilines is 1. The Hall–Kier alpha value is -1.19. The molecule has 1 aromatic carbocycles. The van der Waals surface area contributed by atoms with Crippen LogP contribution in [0, 0.1) is 5.82 Å². The molecular formula is C11H15FN2O4S2. The monoisotopic (exact) mass is 322 g/mol. The van der Waals surface area contributed by atoms with Crippen molar-refractivity contribution in [2.75, 3.05) is 4.72 Å². The maximum atomic E-state index is 13.8. The number of rotatable bonds is 4.